The number of halogens is 1. The first-order valence-electron chi connectivity index (χ1n) is 3.28. The minimum Gasteiger partial charge on any atom is -0.389 e. The molecule has 0 spiro atoms. The summed E-state index contributed by atoms with van der Waals surface area (Å²) < 4.78 is 1.08. The van der Waals surface area contributed by atoms with Crippen molar-refractivity contribution in [2.24, 2.45) is 0 Å². The fourth-order valence-electron chi connectivity index (χ4n) is 0.653. The maximum Gasteiger partial charge on any atom is 0.0696 e. The molecule has 1 unspecified atom stereocenters. The third-order valence-electron chi connectivity index (χ3n) is 1.20. The van der Waals surface area contributed by atoms with Gasteiger partial charge in [-0.3, -0.25) is 0 Å². The van der Waals surface area contributed by atoms with E-state index in [1.165, 1.54) is 0 Å². The second-order valence-electron chi connectivity index (χ2n) is 2.27. The molecule has 0 aliphatic rings. The molecule has 0 radical (unpaired) electrons. The summed E-state index contributed by atoms with van der Waals surface area (Å²) in [6.45, 7) is 1.73. The molecule has 0 saturated carbocycles. The van der Waals surface area contributed by atoms with Crippen LogP contribution in [-0.2, 0) is 0 Å². The molecule has 0 fully saturated rings. The van der Waals surface area contributed by atoms with Crippen molar-refractivity contribution in [3.05, 3.63) is 26.9 Å². The van der Waals surface area contributed by atoms with Gasteiger partial charge < -0.3 is 5.11 Å². The van der Waals surface area contributed by atoms with Gasteiger partial charge in [-0.2, -0.15) is 11.3 Å². The van der Waals surface area contributed by atoms with Crippen molar-refractivity contribution in [1.29, 1.82) is 0 Å². The zero-order chi connectivity index (χ0) is 8.27. The van der Waals surface area contributed by atoms with Gasteiger partial charge in [0.2, 0.25) is 0 Å². The van der Waals surface area contributed by atoms with Crippen LogP contribution in [-0.4, -0.2) is 11.2 Å². The number of aliphatic hydroxyl groups is 1. The Kier molecular flexibility index (Phi) is 3.30. The van der Waals surface area contributed by atoms with Crippen molar-refractivity contribution in [1.82, 2.24) is 0 Å². The molecule has 0 saturated heterocycles. The Labute approximate surface area is 78.5 Å². The van der Waals surface area contributed by atoms with Crippen molar-refractivity contribution in [3.63, 3.8) is 0 Å². The van der Waals surface area contributed by atoms with Gasteiger partial charge in [0, 0.05) is 9.85 Å². The minimum atomic E-state index is -0.373. The third-order valence-corrected chi connectivity index (χ3v) is 2.95. The summed E-state index contributed by atoms with van der Waals surface area (Å²) >= 11 is 5.03. The Morgan fingerprint density at radius 1 is 1.64 bits per heavy atom. The van der Waals surface area contributed by atoms with Crippen LogP contribution in [0.15, 0.2) is 21.3 Å². The van der Waals surface area contributed by atoms with Crippen LogP contribution in [0.25, 0.3) is 6.08 Å². The van der Waals surface area contributed by atoms with Crippen LogP contribution in [0.3, 0.4) is 0 Å². The lowest BCUT2D eigenvalue weighted by atomic mass is 10.3. The second-order valence-corrected chi connectivity index (χ2v) is 3.87. The summed E-state index contributed by atoms with van der Waals surface area (Å²) in [7, 11) is 0. The van der Waals surface area contributed by atoms with Gasteiger partial charge in [-0.15, -0.1) is 0 Å². The van der Waals surface area contributed by atoms with Gasteiger partial charge in [0.05, 0.1) is 6.10 Å². The molecule has 1 rings (SSSR count). The van der Waals surface area contributed by atoms with Crippen molar-refractivity contribution >= 4 is 33.3 Å². The molecule has 1 aromatic heterocycles. The molecule has 0 aromatic carbocycles. The van der Waals surface area contributed by atoms with Crippen LogP contribution < -0.4 is 0 Å². The van der Waals surface area contributed by atoms with Crippen LogP contribution in [0.1, 0.15) is 12.5 Å². The lowest BCUT2D eigenvalue weighted by Gasteiger charge is -1.92. The third kappa shape index (κ3) is 2.77. The quantitative estimate of drug-likeness (QED) is 0.832. The summed E-state index contributed by atoms with van der Waals surface area (Å²) in [5.41, 5.74) is 1.12. The normalized spacial score (nSPS) is 14.1. The molecule has 1 atom stereocenters. The first kappa shape index (κ1) is 8.97. The summed E-state index contributed by atoms with van der Waals surface area (Å²) in [6, 6.07) is 0. The van der Waals surface area contributed by atoms with E-state index in [-0.39, 0.29) is 6.10 Å². The van der Waals surface area contributed by atoms with Crippen LogP contribution >= 0.6 is 27.3 Å². The van der Waals surface area contributed by atoms with Crippen molar-refractivity contribution in [3.8, 4) is 0 Å². The maximum absolute atomic E-state index is 8.94. The first-order chi connectivity index (χ1) is 5.20. The minimum absolute atomic E-state index is 0.373. The van der Waals surface area contributed by atoms with E-state index < -0.39 is 0 Å². The zero-order valence-electron chi connectivity index (χ0n) is 6.12. The Morgan fingerprint density at radius 3 is 2.82 bits per heavy atom. The highest BCUT2D eigenvalue weighted by Gasteiger charge is 1.95. The van der Waals surface area contributed by atoms with Gasteiger partial charge in [0.1, 0.15) is 0 Å². The van der Waals surface area contributed by atoms with Crippen LogP contribution in [0.4, 0.5) is 0 Å². The Morgan fingerprint density at radius 2 is 2.36 bits per heavy atom. The number of thiophene rings is 1. The van der Waals surface area contributed by atoms with E-state index in [0.29, 0.717) is 0 Å². The molecular weight excluding hydrogens is 224 g/mol. The smallest absolute Gasteiger partial charge is 0.0696 e. The molecule has 1 nitrogen and oxygen atoms in total. The molecule has 1 aromatic rings. The van der Waals surface area contributed by atoms with Gasteiger partial charge in [0.15, 0.2) is 0 Å². The zero-order valence-corrected chi connectivity index (χ0v) is 8.52. The molecule has 0 aliphatic heterocycles. The van der Waals surface area contributed by atoms with Crippen LogP contribution in [0, 0.1) is 0 Å². The monoisotopic (exact) mass is 232 g/mol. The van der Waals surface area contributed by atoms with E-state index >= 15 is 0 Å². The largest absolute Gasteiger partial charge is 0.389 e. The van der Waals surface area contributed by atoms with E-state index in [2.05, 4.69) is 15.9 Å². The molecule has 0 aliphatic carbocycles. The van der Waals surface area contributed by atoms with Crippen LogP contribution in [0.5, 0.6) is 0 Å². The lowest BCUT2D eigenvalue weighted by molar-refractivity contribution is 0.245. The maximum atomic E-state index is 8.94. The number of aliphatic hydroxyl groups excluding tert-OH is 1. The fraction of sp³-hybridized carbons (Fsp3) is 0.250. The van der Waals surface area contributed by atoms with Gasteiger partial charge in [0.25, 0.3) is 0 Å². The first-order valence-corrected chi connectivity index (χ1v) is 5.01. The lowest BCUT2D eigenvalue weighted by Crippen LogP contribution is -1.90. The molecule has 11 heavy (non-hydrogen) atoms. The molecular formula is C8H9BrOS. The summed E-state index contributed by atoms with van der Waals surface area (Å²) in [4.78, 5) is 0. The average Bonchev–Trinajstić information content (AvgIpc) is 2.31. The average molecular weight is 233 g/mol. The second kappa shape index (κ2) is 4.04. The number of rotatable bonds is 2. The summed E-state index contributed by atoms with van der Waals surface area (Å²) in [5, 5.41) is 13.0. The van der Waals surface area contributed by atoms with E-state index in [9.17, 15) is 0 Å². The van der Waals surface area contributed by atoms with Crippen molar-refractivity contribution in [2.75, 3.05) is 0 Å². The number of hydrogen-bond donors (Lipinski definition) is 1. The van der Waals surface area contributed by atoms with Gasteiger partial charge in [-0.25, -0.2) is 0 Å². The van der Waals surface area contributed by atoms with Gasteiger partial charge in [-0.05, 0) is 33.8 Å². The SMILES string of the molecule is CC(O)/C=C/c1cscc1Br. The van der Waals surface area contributed by atoms with E-state index in [4.69, 9.17) is 5.11 Å². The highest BCUT2D eigenvalue weighted by atomic mass is 79.9. The van der Waals surface area contributed by atoms with Crippen molar-refractivity contribution in [2.45, 2.75) is 13.0 Å². The van der Waals surface area contributed by atoms with Gasteiger partial charge in [-0.1, -0.05) is 12.2 Å². The van der Waals surface area contributed by atoms with Crippen molar-refractivity contribution < 1.29 is 5.11 Å². The standard InChI is InChI=1S/C8H9BrOS/c1-6(10)2-3-7-4-11-5-8(7)9/h2-6,10H,1H3/b3-2+. The topological polar surface area (TPSA) is 20.2 Å². The van der Waals surface area contributed by atoms with E-state index in [1.807, 2.05) is 16.8 Å². The highest BCUT2D eigenvalue weighted by molar-refractivity contribution is 9.10. The van der Waals surface area contributed by atoms with E-state index in [0.717, 1.165) is 10.0 Å². The number of hydrogen-bond acceptors (Lipinski definition) is 2. The predicted molar refractivity (Wildman–Crippen MR) is 52.7 cm³/mol. The molecule has 0 bridgehead atoms. The molecule has 0 amide bonds. The summed E-state index contributed by atoms with van der Waals surface area (Å²) in [6.07, 6.45) is 3.29. The highest BCUT2D eigenvalue weighted by Crippen LogP contribution is 2.22. The molecule has 60 valence electrons. The van der Waals surface area contributed by atoms with Gasteiger partial charge >= 0.3 is 0 Å². The van der Waals surface area contributed by atoms with E-state index in [1.54, 1.807) is 24.3 Å². The fourth-order valence-corrected chi connectivity index (χ4v) is 2.05. The molecule has 1 heterocycles. The Balaban J connectivity index is 2.71. The van der Waals surface area contributed by atoms with Crippen LogP contribution in [0.2, 0.25) is 0 Å². The Hall–Kier alpha value is -0.120. The summed E-state index contributed by atoms with van der Waals surface area (Å²) in [5.74, 6) is 0. The molecule has 1 N–H and O–H groups in total. The molecule has 3 heteroatoms. The predicted octanol–water partition coefficient (Wildman–Crippen LogP) is 2.90. The Bertz CT molecular complexity index is 252.